The largest absolute Gasteiger partial charge is 0.426 e. The Labute approximate surface area is 222 Å². The number of benzene rings is 5. The molecule has 186 valence electrons. The standard InChI is InChI=1S/C35H37BO/c1-33(2,3)35(6,7)37-36(8)22-17-18-31-29(19-22)30-20-27-25-15-11-9-13-23(25)24-14-10-12-16-26(24)28(27)21-32(30)34(31,4)5/h9-21H,1-8H3. The maximum atomic E-state index is 6.66. The van der Waals surface area contributed by atoms with Crippen molar-refractivity contribution < 1.29 is 4.65 Å². The molecule has 0 aromatic heterocycles. The van der Waals surface area contributed by atoms with Gasteiger partial charge < -0.3 is 4.65 Å². The molecule has 5 aromatic carbocycles. The molecule has 5 aromatic rings. The monoisotopic (exact) mass is 484 g/mol. The quantitative estimate of drug-likeness (QED) is 0.183. The van der Waals surface area contributed by atoms with Gasteiger partial charge >= 0.3 is 6.92 Å². The predicted octanol–water partition coefficient (Wildman–Crippen LogP) is 9.12. The summed E-state index contributed by atoms with van der Waals surface area (Å²) in [6.45, 7) is 18.1. The van der Waals surface area contributed by atoms with Crippen molar-refractivity contribution in [2.75, 3.05) is 0 Å². The van der Waals surface area contributed by atoms with E-state index >= 15 is 0 Å². The van der Waals surface area contributed by atoms with Crippen LogP contribution in [0.5, 0.6) is 0 Å². The van der Waals surface area contributed by atoms with Gasteiger partial charge in [-0.25, -0.2) is 0 Å². The first-order chi connectivity index (χ1) is 17.4. The van der Waals surface area contributed by atoms with Gasteiger partial charge in [-0.3, -0.25) is 0 Å². The van der Waals surface area contributed by atoms with E-state index in [0.29, 0.717) is 0 Å². The molecule has 0 radical (unpaired) electrons. The summed E-state index contributed by atoms with van der Waals surface area (Å²) in [5, 5.41) is 7.98. The van der Waals surface area contributed by atoms with Crippen LogP contribution in [0.15, 0.2) is 78.9 Å². The lowest BCUT2D eigenvalue weighted by Crippen LogP contribution is -2.47. The van der Waals surface area contributed by atoms with Gasteiger partial charge in [-0.05, 0) is 91.4 Å². The molecule has 0 N–H and O–H groups in total. The Hall–Kier alpha value is -3.10. The van der Waals surface area contributed by atoms with Crippen LogP contribution in [0.4, 0.5) is 0 Å². The topological polar surface area (TPSA) is 9.23 Å². The maximum absolute atomic E-state index is 6.66. The molecule has 2 heteroatoms. The Morgan fingerprint density at radius 1 is 0.595 bits per heavy atom. The predicted molar refractivity (Wildman–Crippen MR) is 162 cm³/mol. The number of rotatable bonds is 3. The van der Waals surface area contributed by atoms with E-state index in [4.69, 9.17) is 4.65 Å². The zero-order valence-electron chi connectivity index (χ0n) is 23.5. The minimum Gasteiger partial charge on any atom is -0.426 e. The highest BCUT2D eigenvalue weighted by Gasteiger charge is 2.39. The summed E-state index contributed by atoms with van der Waals surface area (Å²) in [4.78, 5) is 0. The Bertz CT molecular complexity index is 1700. The van der Waals surface area contributed by atoms with E-state index in [0.717, 1.165) is 0 Å². The molecule has 1 aliphatic carbocycles. The van der Waals surface area contributed by atoms with Crippen LogP contribution < -0.4 is 5.46 Å². The van der Waals surface area contributed by atoms with Crippen LogP contribution in [0.2, 0.25) is 6.82 Å². The molecule has 0 heterocycles. The second-order valence-corrected chi connectivity index (χ2v) is 13.0. The summed E-state index contributed by atoms with van der Waals surface area (Å²) in [6.07, 6.45) is 0. The molecule has 0 bridgehead atoms. The Kier molecular flexibility index (Phi) is 5.21. The van der Waals surface area contributed by atoms with Gasteiger partial charge in [0.15, 0.2) is 0 Å². The zero-order chi connectivity index (χ0) is 26.3. The van der Waals surface area contributed by atoms with Crippen molar-refractivity contribution in [1.29, 1.82) is 0 Å². The van der Waals surface area contributed by atoms with Crippen molar-refractivity contribution in [2.24, 2.45) is 5.41 Å². The molecule has 0 fully saturated rings. The summed E-state index contributed by atoms with van der Waals surface area (Å²) in [7, 11) is 0. The summed E-state index contributed by atoms with van der Waals surface area (Å²) < 4.78 is 6.66. The van der Waals surface area contributed by atoms with Crippen LogP contribution in [0, 0.1) is 5.41 Å². The van der Waals surface area contributed by atoms with Gasteiger partial charge in [0, 0.05) is 5.41 Å². The lowest BCUT2D eigenvalue weighted by molar-refractivity contribution is 0.000450. The highest BCUT2D eigenvalue weighted by Crippen LogP contribution is 2.51. The molecule has 0 amide bonds. The minimum absolute atomic E-state index is 0.0110. The van der Waals surface area contributed by atoms with Gasteiger partial charge in [0.05, 0.1) is 5.60 Å². The number of fused-ring (bicyclic) bond motifs is 9. The third-order valence-electron chi connectivity index (χ3n) is 9.31. The van der Waals surface area contributed by atoms with E-state index in [9.17, 15) is 0 Å². The van der Waals surface area contributed by atoms with E-state index in [1.807, 2.05) is 0 Å². The molecule has 0 aliphatic heterocycles. The van der Waals surface area contributed by atoms with Gasteiger partial charge in [-0.1, -0.05) is 108 Å². The Balaban J connectivity index is 1.57. The zero-order valence-corrected chi connectivity index (χ0v) is 23.5. The first-order valence-corrected chi connectivity index (χ1v) is 13.6. The molecule has 1 aliphatic rings. The molecule has 0 saturated carbocycles. The molecule has 0 atom stereocenters. The third-order valence-corrected chi connectivity index (χ3v) is 9.31. The van der Waals surface area contributed by atoms with E-state index in [1.165, 1.54) is 60.0 Å². The van der Waals surface area contributed by atoms with Gasteiger partial charge in [-0.2, -0.15) is 0 Å². The van der Waals surface area contributed by atoms with Crippen LogP contribution in [-0.4, -0.2) is 12.5 Å². The van der Waals surface area contributed by atoms with Gasteiger partial charge in [-0.15, -0.1) is 0 Å². The second-order valence-electron chi connectivity index (χ2n) is 13.0. The highest BCUT2D eigenvalue weighted by molar-refractivity contribution is 6.66. The highest BCUT2D eigenvalue weighted by atomic mass is 16.5. The molecular formula is C35H37BO. The van der Waals surface area contributed by atoms with Crippen molar-refractivity contribution in [1.82, 2.24) is 0 Å². The SMILES string of the molecule is CB(OC(C)(C)C(C)(C)C)c1ccc2c(c1)-c1cc3c4ccccc4c4ccccc4c3cc1C2(C)C. The fraction of sp³-hybridized carbons (Fsp3) is 0.314. The van der Waals surface area contributed by atoms with Gasteiger partial charge in [0.1, 0.15) is 0 Å². The first kappa shape index (κ1) is 24.3. The molecule has 37 heavy (non-hydrogen) atoms. The van der Waals surface area contributed by atoms with Crippen molar-refractivity contribution >= 4 is 44.7 Å². The van der Waals surface area contributed by atoms with Gasteiger partial charge in [0.25, 0.3) is 0 Å². The molecule has 0 unspecified atom stereocenters. The molecule has 1 nitrogen and oxygen atoms in total. The average Bonchev–Trinajstić information content (AvgIpc) is 3.08. The molecule has 6 rings (SSSR count). The smallest absolute Gasteiger partial charge is 0.324 e. The fourth-order valence-corrected chi connectivity index (χ4v) is 6.11. The maximum Gasteiger partial charge on any atom is 0.324 e. The van der Waals surface area contributed by atoms with Gasteiger partial charge in [0.2, 0.25) is 0 Å². The van der Waals surface area contributed by atoms with E-state index in [-0.39, 0.29) is 23.3 Å². The van der Waals surface area contributed by atoms with Crippen LogP contribution in [0.1, 0.15) is 59.6 Å². The summed E-state index contributed by atoms with van der Waals surface area (Å²) in [6, 6.07) is 29.6. The van der Waals surface area contributed by atoms with Crippen molar-refractivity contribution in [3.05, 3.63) is 90.0 Å². The number of hydrogen-bond donors (Lipinski definition) is 0. The molecule has 0 spiro atoms. The lowest BCUT2D eigenvalue weighted by Gasteiger charge is -2.41. The molecular weight excluding hydrogens is 447 g/mol. The van der Waals surface area contributed by atoms with E-state index in [1.54, 1.807) is 0 Å². The van der Waals surface area contributed by atoms with E-state index in [2.05, 4.69) is 134 Å². The number of hydrogen-bond acceptors (Lipinski definition) is 1. The summed E-state index contributed by atoms with van der Waals surface area (Å²) in [5.74, 6) is 0. The lowest BCUT2D eigenvalue weighted by atomic mass is 9.61. The molecule has 0 saturated heterocycles. The summed E-state index contributed by atoms with van der Waals surface area (Å²) >= 11 is 0. The minimum atomic E-state index is -0.237. The van der Waals surface area contributed by atoms with Crippen molar-refractivity contribution in [3.8, 4) is 11.1 Å². The van der Waals surface area contributed by atoms with Crippen LogP contribution in [0.3, 0.4) is 0 Å². The normalized spacial score (nSPS) is 14.8. The van der Waals surface area contributed by atoms with E-state index < -0.39 is 0 Å². The van der Waals surface area contributed by atoms with Crippen LogP contribution in [0.25, 0.3) is 43.4 Å². The summed E-state index contributed by atoms with van der Waals surface area (Å²) in [5.41, 5.74) is 6.52. The third kappa shape index (κ3) is 3.56. The van der Waals surface area contributed by atoms with Crippen molar-refractivity contribution in [2.45, 2.75) is 66.3 Å². The Morgan fingerprint density at radius 3 is 1.62 bits per heavy atom. The fourth-order valence-electron chi connectivity index (χ4n) is 6.11. The van der Waals surface area contributed by atoms with Crippen molar-refractivity contribution in [3.63, 3.8) is 0 Å². The first-order valence-electron chi connectivity index (χ1n) is 13.6. The Morgan fingerprint density at radius 2 is 1.08 bits per heavy atom. The average molecular weight is 484 g/mol. The van der Waals surface area contributed by atoms with Crippen LogP contribution in [-0.2, 0) is 10.1 Å². The van der Waals surface area contributed by atoms with Crippen LogP contribution >= 0.6 is 0 Å². The second kappa shape index (κ2) is 7.95.